The van der Waals surface area contributed by atoms with E-state index in [1.807, 2.05) is 0 Å². The van der Waals surface area contributed by atoms with Crippen LogP contribution >= 0.6 is 0 Å². The van der Waals surface area contributed by atoms with Crippen LogP contribution in [-0.2, 0) is 13.1 Å². The van der Waals surface area contributed by atoms with E-state index in [2.05, 4.69) is 42.5 Å². The third-order valence-corrected chi connectivity index (χ3v) is 2.95. The molecule has 2 heterocycles. The molecule has 1 N–H and O–H groups in total. The van der Waals surface area contributed by atoms with E-state index < -0.39 is 0 Å². The topological polar surface area (TPSA) is 38.1 Å². The Balaban J connectivity index is 2.15. The molecule has 0 saturated carbocycles. The summed E-state index contributed by atoms with van der Waals surface area (Å²) in [5.74, 6) is 0.923. The lowest BCUT2D eigenvalue weighted by Crippen LogP contribution is -2.01. The first-order chi connectivity index (χ1) is 7.74. The normalized spacial score (nSPS) is 14.1. The van der Waals surface area contributed by atoms with Gasteiger partial charge >= 0.3 is 0 Å². The molecule has 0 radical (unpaired) electrons. The van der Waals surface area contributed by atoms with Crippen LogP contribution < -0.4 is 5.32 Å². The molecule has 3 heteroatoms. The quantitative estimate of drug-likeness (QED) is 0.792. The Bertz CT molecular complexity index is 523. The van der Waals surface area contributed by atoms with Crippen molar-refractivity contribution in [3.05, 3.63) is 40.6 Å². The Morgan fingerprint density at radius 3 is 2.62 bits per heavy atom. The Labute approximate surface area is 94.5 Å². The number of nitrogens with one attached hydrogen (secondary N) is 1. The van der Waals surface area contributed by atoms with Crippen LogP contribution in [0.15, 0.2) is 22.7 Å². The molecule has 16 heavy (non-hydrogen) atoms. The molecule has 0 bridgehead atoms. The molecule has 2 aromatic rings. The number of nitrogens with zero attached hydrogens (tertiary/aromatic N) is 1. The molecule has 1 aliphatic rings. The fourth-order valence-electron chi connectivity index (χ4n) is 2.30. The van der Waals surface area contributed by atoms with Gasteiger partial charge in [-0.05, 0) is 26.0 Å². The number of fused-ring (bicyclic) bond motifs is 1. The van der Waals surface area contributed by atoms with Gasteiger partial charge in [0, 0.05) is 24.2 Å². The summed E-state index contributed by atoms with van der Waals surface area (Å²) in [5, 5.41) is 7.38. The number of aryl methyl sites for hydroxylation is 2. The standard InChI is InChI=1S/C13H14N2O/c1-8-3-9(2)5-10(4-8)13-11-6-14-7-12(11)15-16-13/h3-5,14H,6-7H2,1-2H3. The van der Waals surface area contributed by atoms with E-state index in [1.165, 1.54) is 16.7 Å². The van der Waals surface area contributed by atoms with Gasteiger partial charge in [-0.25, -0.2) is 0 Å². The Morgan fingerprint density at radius 1 is 1.12 bits per heavy atom. The van der Waals surface area contributed by atoms with Crippen molar-refractivity contribution in [1.82, 2.24) is 10.5 Å². The molecule has 3 rings (SSSR count). The fraction of sp³-hybridized carbons (Fsp3) is 0.308. The van der Waals surface area contributed by atoms with E-state index in [4.69, 9.17) is 4.52 Å². The predicted octanol–water partition coefficient (Wildman–Crippen LogP) is 2.56. The second-order valence-electron chi connectivity index (χ2n) is 4.42. The summed E-state index contributed by atoms with van der Waals surface area (Å²) in [7, 11) is 0. The molecule has 0 spiro atoms. The number of benzene rings is 1. The van der Waals surface area contributed by atoms with Crippen molar-refractivity contribution in [1.29, 1.82) is 0 Å². The zero-order valence-corrected chi connectivity index (χ0v) is 9.50. The number of hydrogen-bond donors (Lipinski definition) is 1. The molecule has 0 fully saturated rings. The largest absolute Gasteiger partial charge is 0.356 e. The summed E-state index contributed by atoms with van der Waals surface area (Å²) in [5.41, 5.74) is 5.91. The molecule has 0 aliphatic carbocycles. The van der Waals surface area contributed by atoms with Crippen molar-refractivity contribution in [2.45, 2.75) is 26.9 Å². The van der Waals surface area contributed by atoms with Crippen LogP contribution in [0.4, 0.5) is 0 Å². The highest BCUT2D eigenvalue weighted by Crippen LogP contribution is 2.30. The Hall–Kier alpha value is -1.61. The van der Waals surface area contributed by atoms with E-state index in [1.54, 1.807) is 0 Å². The van der Waals surface area contributed by atoms with Crippen LogP contribution in [0.1, 0.15) is 22.4 Å². The Kier molecular flexibility index (Phi) is 2.07. The van der Waals surface area contributed by atoms with Gasteiger partial charge in [0.2, 0.25) is 0 Å². The molecule has 3 nitrogen and oxygen atoms in total. The first kappa shape index (κ1) is 9.60. The van der Waals surface area contributed by atoms with E-state index in [-0.39, 0.29) is 0 Å². The SMILES string of the molecule is Cc1cc(C)cc(-c2onc3c2CNC3)c1. The fourth-order valence-corrected chi connectivity index (χ4v) is 2.30. The van der Waals surface area contributed by atoms with Crippen molar-refractivity contribution in [2.24, 2.45) is 0 Å². The third-order valence-electron chi connectivity index (χ3n) is 2.95. The molecule has 1 aromatic heterocycles. The molecule has 1 aliphatic heterocycles. The van der Waals surface area contributed by atoms with Gasteiger partial charge in [-0.15, -0.1) is 0 Å². The van der Waals surface area contributed by atoms with Crippen LogP contribution in [0.5, 0.6) is 0 Å². The van der Waals surface area contributed by atoms with Gasteiger partial charge in [0.1, 0.15) is 5.69 Å². The summed E-state index contributed by atoms with van der Waals surface area (Å²) < 4.78 is 5.44. The van der Waals surface area contributed by atoms with Gasteiger partial charge in [0.05, 0.1) is 0 Å². The average molecular weight is 214 g/mol. The lowest BCUT2D eigenvalue weighted by atomic mass is 10.0. The second kappa shape index (κ2) is 3.46. The smallest absolute Gasteiger partial charge is 0.171 e. The molecule has 82 valence electrons. The van der Waals surface area contributed by atoms with E-state index in [9.17, 15) is 0 Å². The lowest BCUT2D eigenvalue weighted by Gasteiger charge is -2.02. The van der Waals surface area contributed by atoms with Gasteiger partial charge in [0.25, 0.3) is 0 Å². The molecule has 0 saturated heterocycles. The number of aromatic nitrogens is 1. The second-order valence-corrected chi connectivity index (χ2v) is 4.42. The van der Waals surface area contributed by atoms with Crippen molar-refractivity contribution in [3.63, 3.8) is 0 Å². The molecule has 0 amide bonds. The average Bonchev–Trinajstić information content (AvgIpc) is 2.75. The Morgan fingerprint density at radius 2 is 1.88 bits per heavy atom. The highest BCUT2D eigenvalue weighted by atomic mass is 16.5. The van der Waals surface area contributed by atoms with Gasteiger partial charge < -0.3 is 9.84 Å². The summed E-state index contributed by atoms with van der Waals surface area (Å²) in [6.45, 7) is 5.89. The van der Waals surface area contributed by atoms with Gasteiger partial charge in [0.15, 0.2) is 5.76 Å². The van der Waals surface area contributed by atoms with E-state index in [0.29, 0.717) is 0 Å². The zero-order valence-electron chi connectivity index (χ0n) is 9.50. The van der Waals surface area contributed by atoms with Crippen molar-refractivity contribution in [3.8, 4) is 11.3 Å². The molecular formula is C13H14N2O. The minimum absolute atomic E-state index is 0.823. The highest BCUT2D eigenvalue weighted by Gasteiger charge is 2.21. The van der Waals surface area contributed by atoms with Crippen LogP contribution in [0.3, 0.4) is 0 Å². The minimum Gasteiger partial charge on any atom is -0.356 e. The lowest BCUT2D eigenvalue weighted by molar-refractivity contribution is 0.417. The van der Waals surface area contributed by atoms with Crippen molar-refractivity contribution < 1.29 is 4.52 Å². The predicted molar refractivity (Wildman–Crippen MR) is 62.0 cm³/mol. The number of hydrogen-bond acceptors (Lipinski definition) is 3. The summed E-state index contributed by atoms with van der Waals surface area (Å²) in [4.78, 5) is 0. The summed E-state index contributed by atoms with van der Waals surface area (Å²) >= 11 is 0. The molecule has 1 aromatic carbocycles. The molecular weight excluding hydrogens is 200 g/mol. The number of rotatable bonds is 1. The molecule has 0 unspecified atom stereocenters. The maximum Gasteiger partial charge on any atom is 0.171 e. The summed E-state index contributed by atoms with van der Waals surface area (Å²) in [6.07, 6.45) is 0. The van der Waals surface area contributed by atoms with Crippen molar-refractivity contribution >= 4 is 0 Å². The molecule has 0 atom stereocenters. The van der Waals surface area contributed by atoms with E-state index >= 15 is 0 Å². The summed E-state index contributed by atoms with van der Waals surface area (Å²) in [6, 6.07) is 6.45. The minimum atomic E-state index is 0.823. The maximum atomic E-state index is 5.44. The van der Waals surface area contributed by atoms with Gasteiger partial charge in [-0.3, -0.25) is 0 Å². The van der Waals surface area contributed by atoms with Crippen LogP contribution in [-0.4, -0.2) is 5.16 Å². The first-order valence-electron chi connectivity index (χ1n) is 5.51. The highest BCUT2D eigenvalue weighted by molar-refractivity contribution is 5.64. The van der Waals surface area contributed by atoms with Crippen LogP contribution in [0, 0.1) is 13.8 Å². The first-order valence-corrected chi connectivity index (χ1v) is 5.51. The van der Waals surface area contributed by atoms with Crippen LogP contribution in [0.25, 0.3) is 11.3 Å². The maximum absolute atomic E-state index is 5.44. The van der Waals surface area contributed by atoms with Crippen molar-refractivity contribution in [2.75, 3.05) is 0 Å². The monoisotopic (exact) mass is 214 g/mol. The third kappa shape index (κ3) is 1.44. The van der Waals surface area contributed by atoms with E-state index in [0.717, 1.165) is 30.1 Å². The van der Waals surface area contributed by atoms with Crippen LogP contribution in [0.2, 0.25) is 0 Å². The van der Waals surface area contributed by atoms with Gasteiger partial charge in [-0.2, -0.15) is 0 Å². The van der Waals surface area contributed by atoms with Gasteiger partial charge in [-0.1, -0.05) is 22.3 Å². The zero-order chi connectivity index (χ0) is 11.1.